The van der Waals surface area contributed by atoms with Gasteiger partial charge in [0.15, 0.2) is 0 Å². The quantitative estimate of drug-likeness (QED) is 0.849. The van der Waals surface area contributed by atoms with Crippen molar-refractivity contribution in [2.45, 2.75) is 37.0 Å². The summed E-state index contributed by atoms with van der Waals surface area (Å²) in [5.41, 5.74) is 0.832. The van der Waals surface area contributed by atoms with E-state index in [1.54, 1.807) is 0 Å². The molecule has 0 saturated heterocycles. The third-order valence-corrected chi connectivity index (χ3v) is 4.24. The highest BCUT2D eigenvalue weighted by molar-refractivity contribution is 7.99. The molecule has 1 aromatic rings. The number of amides is 1. The maximum absolute atomic E-state index is 12.1. The first-order chi connectivity index (χ1) is 9.29. The number of anilines is 1. The lowest BCUT2D eigenvalue weighted by Gasteiger charge is -2.20. The van der Waals surface area contributed by atoms with Gasteiger partial charge < -0.3 is 5.32 Å². The first-order valence-electron chi connectivity index (χ1n) is 6.70. The number of carbonyl (C=O) groups excluding carboxylic acids is 1. The van der Waals surface area contributed by atoms with E-state index in [0.29, 0.717) is 5.75 Å². The van der Waals surface area contributed by atoms with Gasteiger partial charge in [0, 0.05) is 16.5 Å². The third kappa shape index (κ3) is 4.29. The summed E-state index contributed by atoms with van der Waals surface area (Å²) in [6.07, 6.45) is 5.60. The Morgan fingerprint density at radius 2 is 2.16 bits per heavy atom. The normalized spacial score (nSPS) is 15.7. The van der Waals surface area contributed by atoms with Crippen molar-refractivity contribution in [3.63, 3.8) is 0 Å². The predicted molar refractivity (Wildman–Crippen MR) is 78.0 cm³/mol. The maximum Gasteiger partial charge on any atom is 0.227 e. The molecule has 0 aromatic heterocycles. The van der Waals surface area contributed by atoms with Crippen molar-refractivity contribution in [2.75, 3.05) is 11.1 Å². The first kappa shape index (κ1) is 14.0. The largest absolute Gasteiger partial charge is 0.326 e. The molecule has 1 aliphatic rings. The topological polar surface area (TPSA) is 52.9 Å². The van der Waals surface area contributed by atoms with Crippen LogP contribution >= 0.6 is 11.8 Å². The molecule has 1 aliphatic carbocycles. The minimum absolute atomic E-state index is 0.141. The van der Waals surface area contributed by atoms with Gasteiger partial charge in [0.2, 0.25) is 5.91 Å². The number of thioether (sulfide) groups is 1. The summed E-state index contributed by atoms with van der Waals surface area (Å²) in [6, 6.07) is 9.81. The van der Waals surface area contributed by atoms with E-state index in [2.05, 4.69) is 11.4 Å². The molecule has 0 aliphatic heterocycles. The molecule has 1 N–H and O–H groups in total. The summed E-state index contributed by atoms with van der Waals surface area (Å²) in [5, 5.41) is 11.6. The van der Waals surface area contributed by atoms with Gasteiger partial charge in [-0.3, -0.25) is 4.79 Å². The molecule has 1 amide bonds. The number of nitriles is 1. The molecule has 2 rings (SSSR count). The van der Waals surface area contributed by atoms with Crippen molar-refractivity contribution in [3.05, 3.63) is 24.3 Å². The summed E-state index contributed by atoms with van der Waals surface area (Å²) in [4.78, 5) is 13.1. The molecular weight excluding hydrogens is 256 g/mol. The van der Waals surface area contributed by atoms with Crippen molar-refractivity contribution in [2.24, 2.45) is 5.92 Å². The van der Waals surface area contributed by atoms with E-state index in [9.17, 15) is 4.79 Å². The van der Waals surface area contributed by atoms with Gasteiger partial charge in [-0.25, -0.2) is 0 Å². The van der Waals surface area contributed by atoms with Gasteiger partial charge in [-0.15, -0.1) is 11.8 Å². The Bertz CT molecular complexity index is 475. The second kappa shape index (κ2) is 7.20. The molecule has 1 fully saturated rings. The van der Waals surface area contributed by atoms with Crippen LogP contribution in [0.5, 0.6) is 0 Å². The van der Waals surface area contributed by atoms with Crippen molar-refractivity contribution < 1.29 is 4.79 Å². The standard InChI is InChI=1S/C15H18N2OS/c16-9-10-19-14-8-4-7-13(11-14)17-15(18)12-5-2-1-3-6-12/h4,7-8,11-12H,1-3,5-6,10H2,(H,17,18). The lowest BCUT2D eigenvalue weighted by Crippen LogP contribution is -2.24. The van der Waals surface area contributed by atoms with Gasteiger partial charge >= 0.3 is 0 Å². The molecule has 0 heterocycles. The van der Waals surface area contributed by atoms with Crippen LogP contribution in [0.4, 0.5) is 5.69 Å². The average Bonchev–Trinajstić information content (AvgIpc) is 2.46. The molecule has 0 radical (unpaired) electrons. The van der Waals surface area contributed by atoms with Crippen molar-refractivity contribution in [1.82, 2.24) is 0 Å². The summed E-state index contributed by atoms with van der Waals surface area (Å²) < 4.78 is 0. The van der Waals surface area contributed by atoms with Crippen LogP contribution in [0.3, 0.4) is 0 Å². The zero-order chi connectivity index (χ0) is 13.5. The van der Waals surface area contributed by atoms with Crippen LogP contribution in [-0.2, 0) is 4.79 Å². The van der Waals surface area contributed by atoms with Crippen LogP contribution < -0.4 is 5.32 Å². The Morgan fingerprint density at radius 1 is 1.37 bits per heavy atom. The monoisotopic (exact) mass is 274 g/mol. The number of carbonyl (C=O) groups is 1. The number of nitrogens with zero attached hydrogens (tertiary/aromatic N) is 1. The van der Waals surface area contributed by atoms with Crippen LogP contribution in [0.1, 0.15) is 32.1 Å². The number of hydrogen-bond acceptors (Lipinski definition) is 3. The van der Waals surface area contributed by atoms with E-state index in [-0.39, 0.29) is 11.8 Å². The Morgan fingerprint density at radius 3 is 2.89 bits per heavy atom. The lowest BCUT2D eigenvalue weighted by molar-refractivity contribution is -0.120. The highest BCUT2D eigenvalue weighted by Gasteiger charge is 2.20. The molecule has 1 aromatic carbocycles. The smallest absolute Gasteiger partial charge is 0.227 e. The molecule has 4 heteroatoms. The van der Waals surface area contributed by atoms with Gasteiger partial charge in [-0.1, -0.05) is 25.3 Å². The number of nitrogens with one attached hydrogen (secondary N) is 1. The molecule has 0 atom stereocenters. The van der Waals surface area contributed by atoms with E-state index in [4.69, 9.17) is 5.26 Å². The van der Waals surface area contributed by atoms with Crippen LogP contribution in [0, 0.1) is 17.2 Å². The fourth-order valence-corrected chi connectivity index (χ4v) is 3.00. The summed E-state index contributed by atoms with van der Waals surface area (Å²) in [6.45, 7) is 0. The Labute approximate surface area is 118 Å². The van der Waals surface area contributed by atoms with Gasteiger partial charge in [-0.2, -0.15) is 5.26 Å². The third-order valence-electron chi connectivity index (χ3n) is 3.38. The fraction of sp³-hybridized carbons (Fsp3) is 0.467. The summed E-state index contributed by atoms with van der Waals surface area (Å²) >= 11 is 1.48. The second-order valence-corrected chi connectivity index (χ2v) is 5.85. The van der Waals surface area contributed by atoms with Crippen molar-refractivity contribution in [1.29, 1.82) is 5.26 Å². The number of rotatable bonds is 4. The van der Waals surface area contributed by atoms with E-state index >= 15 is 0 Å². The SMILES string of the molecule is N#CCSc1cccc(NC(=O)C2CCCCC2)c1. The van der Waals surface area contributed by atoms with Gasteiger partial charge in [0.25, 0.3) is 0 Å². The zero-order valence-electron chi connectivity index (χ0n) is 10.9. The second-order valence-electron chi connectivity index (χ2n) is 4.80. The molecule has 0 unspecified atom stereocenters. The molecule has 0 bridgehead atoms. The minimum Gasteiger partial charge on any atom is -0.326 e. The van der Waals surface area contributed by atoms with Crippen LogP contribution in [-0.4, -0.2) is 11.7 Å². The summed E-state index contributed by atoms with van der Waals surface area (Å²) in [5.74, 6) is 0.742. The summed E-state index contributed by atoms with van der Waals surface area (Å²) in [7, 11) is 0. The fourth-order valence-electron chi connectivity index (χ4n) is 2.39. The zero-order valence-corrected chi connectivity index (χ0v) is 11.7. The highest BCUT2D eigenvalue weighted by atomic mass is 32.2. The Balaban J connectivity index is 1.94. The van der Waals surface area contributed by atoms with Crippen LogP contribution in [0.25, 0.3) is 0 Å². The highest BCUT2D eigenvalue weighted by Crippen LogP contribution is 2.26. The molecule has 100 valence electrons. The Hall–Kier alpha value is -1.47. The maximum atomic E-state index is 12.1. The molecular formula is C15H18N2OS. The molecule has 1 saturated carbocycles. The molecule has 3 nitrogen and oxygen atoms in total. The van der Waals surface area contributed by atoms with Crippen molar-refractivity contribution in [3.8, 4) is 6.07 Å². The minimum atomic E-state index is 0.141. The van der Waals surface area contributed by atoms with Crippen molar-refractivity contribution >= 4 is 23.4 Å². The molecule has 19 heavy (non-hydrogen) atoms. The van der Waals surface area contributed by atoms with E-state index < -0.39 is 0 Å². The van der Waals surface area contributed by atoms with Gasteiger partial charge in [-0.05, 0) is 31.0 Å². The first-order valence-corrected chi connectivity index (χ1v) is 7.69. The Kier molecular flexibility index (Phi) is 5.29. The number of hydrogen-bond donors (Lipinski definition) is 1. The van der Waals surface area contributed by atoms with E-state index in [1.165, 1.54) is 18.2 Å². The average molecular weight is 274 g/mol. The van der Waals surface area contributed by atoms with Crippen LogP contribution in [0.15, 0.2) is 29.2 Å². The molecule has 0 spiro atoms. The van der Waals surface area contributed by atoms with Gasteiger partial charge in [0.05, 0.1) is 11.8 Å². The predicted octanol–water partition coefficient (Wildman–Crippen LogP) is 3.82. The van der Waals surface area contributed by atoms with E-state index in [0.717, 1.165) is 36.3 Å². The number of benzene rings is 1. The van der Waals surface area contributed by atoms with E-state index in [1.807, 2.05) is 24.3 Å². The van der Waals surface area contributed by atoms with Gasteiger partial charge in [0.1, 0.15) is 0 Å². The van der Waals surface area contributed by atoms with Crippen LogP contribution in [0.2, 0.25) is 0 Å². The lowest BCUT2D eigenvalue weighted by atomic mass is 9.88.